The van der Waals surface area contributed by atoms with Crippen LogP contribution >= 0.6 is 15.9 Å². The van der Waals surface area contributed by atoms with Gasteiger partial charge in [-0.05, 0) is 35.7 Å². The fourth-order valence-corrected chi connectivity index (χ4v) is 2.91. The second-order valence-electron chi connectivity index (χ2n) is 5.00. The molecule has 0 bridgehead atoms. The Hall–Kier alpha value is -0.390. The van der Waals surface area contributed by atoms with Crippen molar-refractivity contribution in [1.29, 1.82) is 0 Å². The first-order chi connectivity index (χ1) is 8.96. The molecule has 1 aromatic heterocycles. The fraction of sp³-hybridized carbons (Fsp3) is 0.786. The molecule has 19 heavy (non-hydrogen) atoms. The van der Waals surface area contributed by atoms with Crippen LogP contribution in [0, 0.1) is 12.8 Å². The van der Waals surface area contributed by atoms with Crippen LogP contribution in [0.5, 0.6) is 0 Å². The van der Waals surface area contributed by atoms with E-state index in [0.29, 0.717) is 6.42 Å². The second kappa shape index (κ2) is 7.41. The molecule has 0 radical (unpaired) electrons. The number of halogens is 1. The van der Waals surface area contributed by atoms with Crippen molar-refractivity contribution < 1.29 is 10.2 Å². The molecule has 1 aromatic rings. The predicted octanol–water partition coefficient (Wildman–Crippen LogP) is 2.67. The standard InChI is InChI=1S/C14H25BrN2O2/c1-5-10(6-2)14(19)12(18)8-11-13(15)9(4)16-17(11)7-3/h10,12,14,18-19H,5-8H2,1-4H3. The van der Waals surface area contributed by atoms with E-state index in [1.54, 1.807) is 0 Å². The normalized spacial score (nSPS) is 14.9. The molecule has 0 spiro atoms. The van der Waals surface area contributed by atoms with Crippen LogP contribution in [0.1, 0.15) is 45.0 Å². The van der Waals surface area contributed by atoms with Gasteiger partial charge in [-0.2, -0.15) is 5.10 Å². The van der Waals surface area contributed by atoms with E-state index in [2.05, 4.69) is 21.0 Å². The number of nitrogens with zero attached hydrogens (tertiary/aromatic N) is 2. The predicted molar refractivity (Wildman–Crippen MR) is 80.1 cm³/mol. The van der Waals surface area contributed by atoms with E-state index in [-0.39, 0.29) is 5.92 Å². The summed E-state index contributed by atoms with van der Waals surface area (Å²) in [5, 5.41) is 24.9. The summed E-state index contributed by atoms with van der Waals surface area (Å²) >= 11 is 3.51. The number of aromatic nitrogens is 2. The van der Waals surface area contributed by atoms with Gasteiger partial charge in [-0.25, -0.2) is 0 Å². The first-order valence-electron chi connectivity index (χ1n) is 7.04. The lowest BCUT2D eigenvalue weighted by molar-refractivity contribution is -0.0197. The van der Waals surface area contributed by atoms with Crippen molar-refractivity contribution in [2.45, 2.75) is 65.7 Å². The summed E-state index contributed by atoms with van der Waals surface area (Å²) in [6.45, 7) is 8.80. The molecule has 1 heterocycles. The van der Waals surface area contributed by atoms with Gasteiger partial charge in [0.25, 0.3) is 0 Å². The molecule has 1 rings (SSSR count). The van der Waals surface area contributed by atoms with E-state index in [1.165, 1.54) is 0 Å². The molecular weight excluding hydrogens is 308 g/mol. The quantitative estimate of drug-likeness (QED) is 0.807. The number of aliphatic hydroxyl groups excluding tert-OH is 2. The Labute approximate surface area is 124 Å². The molecule has 2 unspecified atom stereocenters. The third-order valence-electron chi connectivity index (χ3n) is 3.78. The van der Waals surface area contributed by atoms with Crippen LogP contribution in [0.25, 0.3) is 0 Å². The van der Waals surface area contributed by atoms with Crippen molar-refractivity contribution in [3.8, 4) is 0 Å². The number of rotatable bonds is 7. The maximum absolute atomic E-state index is 10.2. The highest BCUT2D eigenvalue weighted by Crippen LogP contribution is 2.25. The van der Waals surface area contributed by atoms with Gasteiger partial charge in [0.05, 0.1) is 28.1 Å². The lowest BCUT2D eigenvalue weighted by atomic mass is 9.91. The summed E-state index contributed by atoms with van der Waals surface area (Å²) in [4.78, 5) is 0. The topological polar surface area (TPSA) is 58.3 Å². The monoisotopic (exact) mass is 332 g/mol. The van der Waals surface area contributed by atoms with Gasteiger partial charge in [-0.15, -0.1) is 0 Å². The van der Waals surface area contributed by atoms with Gasteiger partial charge in [0, 0.05) is 13.0 Å². The summed E-state index contributed by atoms with van der Waals surface area (Å²) in [5.41, 5.74) is 1.87. The summed E-state index contributed by atoms with van der Waals surface area (Å²) in [7, 11) is 0. The van der Waals surface area contributed by atoms with Crippen LogP contribution < -0.4 is 0 Å². The molecule has 4 nitrogen and oxygen atoms in total. The summed E-state index contributed by atoms with van der Waals surface area (Å²) in [6, 6.07) is 0. The molecule has 0 aliphatic heterocycles. The van der Waals surface area contributed by atoms with E-state index in [9.17, 15) is 10.2 Å². The van der Waals surface area contributed by atoms with Crippen molar-refractivity contribution in [1.82, 2.24) is 9.78 Å². The van der Waals surface area contributed by atoms with Gasteiger partial charge >= 0.3 is 0 Å². The maximum atomic E-state index is 10.2. The number of hydrogen-bond acceptors (Lipinski definition) is 3. The van der Waals surface area contributed by atoms with Gasteiger partial charge in [0.2, 0.25) is 0 Å². The van der Waals surface area contributed by atoms with Gasteiger partial charge < -0.3 is 10.2 Å². The van der Waals surface area contributed by atoms with E-state index >= 15 is 0 Å². The third kappa shape index (κ3) is 3.80. The lowest BCUT2D eigenvalue weighted by Crippen LogP contribution is -2.35. The van der Waals surface area contributed by atoms with Gasteiger partial charge in [-0.1, -0.05) is 26.7 Å². The van der Waals surface area contributed by atoms with Crippen LogP contribution in [0.3, 0.4) is 0 Å². The Morgan fingerprint density at radius 3 is 2.26 bits per heavy atom. The first-order valence-corrected chi connectivity index (χ1v) is 7.83. The minimum atomic E-state index is -0.748. The molecule has 0 saturated heterocycles. The molecule has 0 aliphatic carbocycles. The van der Waals surface area contributed by atoms with E-state index in [0.717, 1.165) is 35.2 Å². The van der Waals surface area contributed by atoms with Crippen molar-refractivity contribution in [2.24, 2.45) is 5.92 Å². The van der Waals surface area contributed by atoms with Crippen molar-refractivity contribution in [3.63, 3.8) is 0 Å². The SMILES string of the molecule is CCC(CC)C(O)C(O)Cc1c(Br)c(C)nn1CC. The molecule has 5 heteroatoms. The van der Waals surface area contributed by atoms with E-state index < -0.39 is 12.2 Å². The molecule has 0 fully saturated rings. The van der Waals surface area contributed by atoms with E-state index in [1.807, 2.05) is 32.4 Å². The highest BCUT2D eigenvalue weighted by molar-refractivity contribution is 9.10. The lowest BCUT2D eigenvalue weighted by Gasteiger charge is -2.25. The molecular formula is C14H25BrN2O2. The smallest absolute Gasteiger partial charge is 0.0857 e. The van der Waals surface area contributed by atoms with Gasteiger partial charge in [0.1, 0.15) is 0 Å². The van der Waals surface area contributed by atoms with Gasteiger partial charge in [0.15, 0.2) is 0 Å². The Bertz CT molecular complexity index is 402. The minimum Gasteiger partial charge on any atom is -0.390 e. The van der Waals surface area contributed by atoms with Crippen molar-refractivity contribution in [2.75, 3.05) is 0 Å². The minimum absolute atomic E-state index is 0.146. The van der Waals surface area contributed by atoms with Crippen LogP contribution in [-0.4, -0.2) is 32.2 Å². The Balaban J connectivity index is 2.84. The zero-order chi connectivity index (χ0) is 14.6. The Kier molecular flexibility index (Phi) is 6.50. The summed E-state index contributed by atoms with van der Waals surface area (Å²) in [5.74, 6) is 0.146. The van der Waals surface area contributed by atoms with Crippen molar-refractivity contribution in [3.05, 3.63) is 15.9 Å². The molecule has 0 amide bonds. The molecule has 110 valence electrons. The number of aliphatic hydroxyl groups is 2. The number of hydrogen-bond donors (Lipinski definition) is 2. The molecule has 0 aromatic carbocycles. The highest BCUT2D eigenvalue weighted by atomic mass is 79.9. The molecule has 2 atom stereocenters. The fourth-order valence-electron chi connectivity index (χ4n) is 2.47. The first kappa shape index (κ1) is 16.7. The summed E-state index contributed by atoms with van der Waals surface area (Å²) < 4.78 is 2.81. The van der Waals surface area contributed by atoms with Crippen LogP contribution in [0.2, 0.25) is 0 Å². The zero-order valence-corrected chi connectivity index (χ0v) is 13.8. The van der Waals surface area contributed by atoms with Crippen molar-refractivity contribution >= 4 is 15.9 Å². The van der Waals surface area contributed by atoms with Gasteiger partial charge in [-0.3, -0.25) is 4.68 Å². The third-order valence-corrected chi connectivity index (χ3v) is 4.81. The van der Waals surface area contributed by atoms with E-state index in [4.69, 9.17) is 0 Å². The molecule has 0 saturated carbocycles. The van der Waals surface area contributed by atoms with Crippen LogP contribution in [0.4, 0.5) is 0 Å². The molecule has 0 aliphatic rings. The largest absolute Gasteiger partial charge is 0.390 e. The second-order valence-corrected chi connectivity index (χ2v) is 5.79. The number of aryl methyl sites for hydroxylation is 2. The highest BCUT2D eigenvalue weighted by Gasteiger charge is 2.26. The Morgan fingerprint density at radius 1 is 1.21 bits per heavy atom. The van der Waals surface area contributed by atoms with Crippen LogP contribution in [0.15, 0.2) is 4.47 Å². The average Bonchev–Trinajstić information content (AvgIpc) is 2.67. The zero-order valence-electron chi connectivity index (χ0n) is 12.2. The van der Waals surface area contributed by atoms with Crippen LogP contribution in [-0.2, 0) is 13.0 Å². The average molecular weight is 333 g/mol. The Morgan fingerprint density at radius 2 is 1.79 bits per heavy atom. The molecule has 2 N–H and O–H groups in total. The maximum Gasteiger partial charge on any atom is 0.0857 e. The summed E-state index contributed by atoms with van der Waals surface area (Å²) in [6.07, 6.45) is 0.752.